The number of ketones is 1. The van der Waals surface area contributed by atoms with Crippen molar-refractivity contribution in [1.29, 1.82) is 0 Å². The van der Waals surface area contributed by atoms with Gasteiger partial charge in [-0.1, -0.05) is 37.3 Å². The van der Waals surface area contributed by atoms with Crippen molar-refractivity contribution in [3.05, 3.63) is 63.6 Å². The van der Waals surface area contributed by atoms with E-state index in [2.05, 4.69) is 26.8 Å². The van der Waals surface area contributed by atoms with E-state index >= 15 is 0 Å². The molecule has 0 saturated carbocycles. The maximum absolute atomic E-state index is 13.1. The molecule has 148 valence electrons. The van der Waals surface area contributed by atoms with Gasteiger partial charge in [0.25, 0.3) is 5.56 Å². The van der Waals surface area contributed by atoms with Crippen molar-refractivity contribution >= 4 is 22.8 Å². The van der Waals surface area contributed by atoms with Crippen LogP contribution in [0, 0.1) is 5.92 Å². The third-order valence-electron chi connectivity index (χ3n) is 6.37. The fourth-order valence-corrected chi connectivity index (χ4v) is 4.59. The number of pyridine rings is 1. The number of benzene rings is 1. The molecule has 3 heterocycles. The van der Waals surface area contributed by atoms with Crippen LogP contribution in [-0.2, 0) is 6.42 Å². The van der Waals surface area contributed by atoms with E-state index in [1.165, 1.54) is 0 Å². The van der Waals surface area contributed by atoms with Crippen LogP contribution in [0.3, 0.4) is 0 Å². The number of rotatable bonds is 2. The Morgan fingerprint density at radius 3 is 2.59 bits per heavy atom. The van der Waals surface area contributed by atoms with Crippen molar-refractivity contribution in [2.24, 2.45) is 5.92 Å². The summed E-state index contributed by atoms with van der Waals surface area (Å²) in [5, 5.41) is 0.464. The molecule has 1 aliphatic carbocycles. The van der Waals surface area contributed by atoms with E-state index < -0.39 is 0 Å². The first-order valence-electron chi connectivity index (χ1n) is 10.3. The summed E-state index contributed by atoms with van der Waals surface area (Å²) in [7, 11) is 0. The van der Waals surface area contributed by atoms with Gasteiger partial charge >= 0.3 is 0 Å². The lowest BCUT2D eigenvalue weighted by atomic mass is 9.79. The molecule has 1 aromatic carbocycles. The number of aromatic nitrogens is 3. The number of H-pyrrole nitrogens is 1. The van der Waals surface area contributed by atoms with Crippen LogP contribution in [0.25, 0.3) is 11.0 Å². The van der Waals surface area contributed by atoms with Crippen molar-refractivity contribution in [2.75, 3.05) is 18.0 Å². The second-order valence-electron chi connectivity index (χ2n) is 8.35. The molecular weight excluding hydrogens is 364 g/mol. The molecular formula is C23H24N4O2. The van der Waals surface area contributed by atoms with Gasteiger partial charge in [-0.25, -0.2) is 4.98 Å². The van der Waals surface area contributed by atoms with E-state index in [1.54, 1.807) is 6.20 Å². The summed E-state index contributed by atoms with van der Waals surface area (Å²) in [5.41, 5.74) is 2.71. The van der Waals surface area contributed by atoms with E-state index in [1.807, 2.05) is 30.3 Å². The number of nitrogens with zero attached hydrogens (tertiary/aromatic N) is 3. The Bertz CT molecular complexity index is 1130. The summed E-state index contributed by atoms with van der Waals surface area (Å²) in [6, 6.07) is 10.0. The van der Waals surface area contributed by atoms with E-state index in [9.17, 15) is 9.59 Å². The molecule has 0 amide bonds. The second kappa shape index (κ2) is 7.10. The molecule has 1 saturated heterocycles. The molecule has 2 aliphatic rings. The molecule has 0 unspecified atom stereocenters. The topological polar surface area (TPSA) is 79.0 Å². The average Bonchev–Trinajstić information content (AvgIpc) is 2.74. The fourth-order valence-electron chi connectivity index (χ4n) is 4.59. The maximum Gasteiger partial charge on any atom is 0.262 e. The number of fused-ring (bicyclic) bond motifs is 3. The number of hydrogen-bond acceptors (Lipinski definition) is 5. The molecule has 0 spiro atoms. The summed E-state index contributed by atoms with van der Waals surface area (Å²) >= 11 is 0. The van der Waals surface area contributed by atoms with Gasteiger partial charge < -0.3 is 4.90 Å². The molecule has 1 aliphatic heterocycles. The molecule has 29 heavy (non-hydrogen) atoms. The van der Waals surface area contributed by atoms with Crippen LogP contribution in [0.1, 0.15) is 53.6 Å². The highest BCUT2D eigenvalue weighted by Gasteiger charge is 2.30. The summed E-state index contributed by atoms with van der Waals surface area (Å²) < 4.78 is 0. The van der Waals surface area contributed by atoms with Crippen molar-refractivity contribution in [3.8, 4) is 0 Å². The van der Waals surface area contributed by atoms with Crippen LogP contribution >= 0.6 is 0 Å². The number of anilines is 1. The van der Waals surface area contributed by atoms with Crippen LogP contribution in [0.4, 0.5) is 5.95 Å². The molecule has 0 radical (unpaired) electrons. The molecule has 5 rings (SSSR count). The minimum Gasteiger partial charge on any atom is -0.342 e. The second-order valence-corrected chi connectivity index (χ2v) is 8.35. The number of hydrogen-bond donors (Lipinski definition) is 1. The number of piperidine rings is 1. The van der Waals surface area contributed by atoms with Gasteiger partial charge in [0.15, 0.2) is 11.4 Å². The predicted octanol–water partition coefficient (Wildman–Crippen LogP) is 3.47. The monoisotopic (exact) mass is 388 g/mol. The lowest BCUT2D eigenvalue weighted by Crippen LogP contribution is -2.35. The number of aromatic amines is 1. The highest BCUT2D eigenvalue weighted by molar-refractivity contribution is 6.02. The zero-order valence-electron chi connectivity index (χ0n) is 16.5. The molecule has 3 aromatic rings. The van der Waals surface area contributed by atoms with Gasteiger partial charge in [-0.05, 0) is 42.2 Å². The van der Waals surface area contributed by atoms with Crippen LogP contribution in [0.5, 0.6) is 0 Å². The number of nitrogens with one attached hydrogen (secondary N) is 1. The van der Waals surface area contributed by atoms with Gasteiger partial charge in [0.1, 0.15) is 0 Å². The highest BCUT2D eigenvalue weighted by atomic mass is 16.1. The molecule has 0 bridgehead atoms. The Hall–Kier alpha value is -3.02. The minimum absolute atomic E-state index is 0.0444. The van der Waals surface area contributed by atoms with E-state index in [0.717, 1.165) is 37.1 Å². The summed E-state index contributed by atoms with van der Waals surface area (Å²) in [6.45, 7) is 4.02. The van der Waals surface area contributed by atoms with Crippen molar-refractivity contribution in [3.63, 3.8) is 0 Å². The largest absolute Gasteiger partial charge is 0.342 e. The van der Waals surface area contributed by atoms with Crippen LogP contribution < -0.4 is 10.5 Å². The van der Waals surface area contributed by atoms with Crippen molar-refractivity contribution in [2.45, 2.75) is 38.5 Å². The van der Waals surface area contributed by atoms with Crippen LogP contribution in [-0.4, -0.2) is 33.8 Å². The maximum atomic E-state index is 13.1. The van der Waals surface area contributed by atoms with E-state index in [-0.39, 0.29) is 17.3 Å². The Morgan fingerprint density at radius 2 is 1.83 bits per heavy atom. The predicted molar refractivity (Wildman–Crippen MR) is 113 cm³/mol. The zero-order chi connectivity index (χ0) is 20.0. The molecule has 1 N–H and O–H groups in total. The van der Waals surface area contributed by atoms with Gasteiger partial charge in [-0.2, -0.15) is 4.98 Å². The van der Waals surface area contributed by atoms with Gasteiger partial charge in [0, 0.05) is 31.3 Å². The molecule has 6 heteroatoms. The van der Waals surface area contributed by atoms with Crippen molar-refractivity contribution in [1.82, 2.24) is 15.0 Å². The first-order valence-corrected chi connectivity index (χ1v) is 10.3. The summed E-state index contributed by atoms with van der Waals surface area (Å²) in [4.78, 5) is 40.0. The Balaban J connectivity index is 1.58. The lowest BCUT2D eigenvalue weighted by molar-refractivity contribution is 0.0964. The third kappa shape index (κ3) is 3.22. The van der Waals surface area contributed by atoms with Crippen LogP contribution in [0.15, 0.2) is 41.3 Å². The smallest absolute Gasteiger partial charge is 0.262 e. The van der Waals surface area contributed by atoms with Crippen molar-refractivity contribution < 1.29 is 4.79 Å². The Kier molecular flexibility index (Phi) is 4.42. The zero-order valence-corrected chi connectivity index (χ0v) is 16.5. The van der Waals surface area contributed by atoms with E-state index in [0.29, 0.717) is 41.3 Å². The van der Waals surface area contributed by atoms with Gasteiger partial charge in [0.05, 0.1) is 5.39 Å². The minimum atomic E-state index is -0.200. The number of Topliss-reactive ketones (excluding diaryl/α,β-unsaturated/α-hetero) is 1. The Morgan fingerprint density at radius 1 is 1.07 bits per heavy atom. The summed E-state index contributed by atoms with van der Waals surface area (Å²) in [5.74, 6) is 1.40. The van der Waals surface area contributed by atoms with Crippen LogP contribution in [0.2, 0.25) is 0 Å². The van der Waals surface area contributed by atoms with Gasteiger partial charge in [-0.15, -0.1) is 0 Å². The fraction of sp³-hybridized carbons (Fsp3) is 0.391. The normalized spacial score (nSPS) is 20.1. The van der Waals surface area contributed by atoms with Gasteiger partial charge in [0.2, 0.25) is 5.95 Å². The SMILES string of the molecule is CC1CCN(c2nc3ncc4c(c3c(=O)[nH]2)C[C@H](c2ccccc2)CC4=O)CC1. The Labute approximate surface area is 169 Å². The standard InChI is InChI=1S/C23H24N4O2/c1-14-7-9-27(10-8-14)23-25-21-20(22(29)26-23)17-11-16(15-5-3-2-4-6-15)12-19(28)18(17)13-24-21/h2-6,13-14,16H,7-12H2,1H3,(H,24,25,26,29)/t16-/m0/s1. The van der Waals surface area contributed by atoms with Gasteiger partial charge in [-0.3, -0.25) is 14.6 Å². The average molecular weight is 388 g/mol. The first-order chi connectivity index (χ1) is 14.1. The summed E-state index contributed by atoms with van der Waals surface area (Å²) in [6.07, 6.45) is 4.88. The number of carbonyl (C=O) groups excluding carboxylic acids is 1. The number of carbonyl (C=O) groups is 1. The van der Waals surface area contributed by atoms with E-state index in [4.69, 9.17) is 0 Å². The first kappa shape index (κ1) is 18.0. The highest BCUT2D eigenvalue weighted by Crippen LogP contribution is 2.34. The quantitative estimate of drug-likeness (QED) is 0.727. The molecule has 6 nitrogen and oxygen atoms in total. The lowest BCUT2D eigenvalue weighted by Gasteiger charge is -2.30. The third-order valence-corrected chi connectivity index (χ3v) is 6.37. The molecule has 1 atom stereocenters. The molecule has 1 fully saturated rings. The molecule has 2 aromatic heterocycles.